The molecule has 0 saturated carbocycles. The summed E-state index contributed by atoms with van der Waals surface area (Å²) in [6, 6.07) is 7.70. The Labute approximate surface area is 190 Å². The molecule has 172 valence electrons. The van der Waals surface area contributed by atoms with Gasteiger partial charge in [0.1, 0.15) is 16.9 Å². The van der Waals surface area contributed by atoms with Gasteiger partial charge >= 0.3 is 6.09 Å². The second kappa shape index (κ2) is 9.60. The first kappa shape index (κ1) is 23.6. The first-order chi connectivity index (χ1) is 15.0. The molecule has 0 bridgehead atoms. The second-order valence-corrected chi connectivity index (χ2v) is 9.54. The minimum atomic E-state index is -0.875. The maximum absolute atomic E-state index is 12.1. The first-order valence-electron chi connectivity index (χ1n) is 9.99. The van der Waals surface area contributed by atoms with E-state index < -0.39 is 17.2 Å². The number of alkyl carbamates (subject to hydrolysis) is 1. The maximum Gasteiger partial charge on any atom is 0.408 e. The number of carbonyl (C=O) groups is 1. The predicted octanol–water partition coefficient (Wildman–Crippen LogP) is 4.39. The molecule has 0 spiro atoms. The van der Waals surface area contributed by atoms with Crippen LogP contribution >= 0.6 is 11.8 Å². The zero-order valence-electron chi connectivity index (χ0n) is 19.0. The number of nitrogens with zero attached hydrogens (tertiary/aromatic N) is 4. The van der Waals surface area contributed by atoms with E-state index in [0.29, 0.717) is 28.6 Å². The van der Waals surface area contributed by atoms with Gasteiger partial charge in [-0.1, -0.05) is 34.6 Å². The molecule has 0 unspecified atom stereocenters. The zero-order chi connectivity index (χ0) is 23.4. The van der Waals surface area contributed by atoms with Crippen LogP contribution in [0.2, 0.25) is 0 Å². The van der Waals surface area contributed by atoms with E-state index in [-0.39, 0.29) is 6.61 Å². The Kier molecular flexibility index (Phi) is 7.07. The average molecular weight is 462 g/mol. The quantitative estimate of drug-likeness (QED) is 0.483. The summed E-state index contributed by atoms with van der Waals surface area (Å²) in [6.45, 7) is 11.1. The fraction of sp³-hybridized carbons (Fsp3) is 0.476. The topological polar surface area (TPSA) is 125 Å². The van der Waals surface area contributed by atoms with Gasteiger partial charge < -0.3 is 23.7 Å². The summed E-state index contributed by atoms with van der Waals surface area (Å²) in [5, 5.41) is 15.0. The van der Waals surface area contributed by atoms with Crippen LogP contribution in [0.5, 0.6) is 5.75 Å². The lowest BCUT2D eigenvalue weighted by Gasteiger charge is -2.26. The lowest BCUT2D eigenvalue weighted by molar-refractivity contribution is 0.0465. The SMILES string of the molecule is Cc1ccc(OCc2nnc(SCc3nc(C(C)(C)NC(=O)OC(C)(C)C)no3)o2)cc1. The van der Waals surface area contributed by atoms with Gasteiger partial charge in [0.2, 0.25) is 5.89 Å². The number of nitrogens with one attached hydrogen (secondary N) is 1. The summed E-state index contributed by atoms with van der Waals surface area (Å²) in [6.07, 6.45) is -0.561. The van der Waals surface area contributed by atoms with Gasteiger partial charge in [-0.15, -0.1) is 10.2 Å². The molecule has 10 nitrogen and oxygen atoms in total. The van der Waals surface area contributed by atoms with Gasteiger partial charge in [-0.2, -0.15) is 4.98 Å². The van der Waals surface area contributed by atoms with E-state index in [9.17, 15) is 4.79 Å². The number of hydrogen-bond donors (Lipinski definition) is 1. The van der Waals surface area contributed by atoms with E-state index in [1.54, 1.807) is 34.6 Å². The summed E-state index contributed by atoms with van der Waals surface area (Å²) in [5.41, 5.74) is -0.324. The van der Waals surface area contributed by atoms with E-state index in [0.717, 1.165) is 11.3 Å². The number of aromatic nitrogens is 4. The fourth-order valence-corrected chi connectivity index (χ4v) is 3.06. The van der Waals surface area contributed by atoms with Gasteiger partial charge in [0.25, 0.3) is 11.1 Å². The lowest BCUT2D eigenvalue weighted by Crippen LogP contribution is -2.44. The summed E-state index contributed by atoms with van der Waals surface area (Å²) in [5.74, 6) is 2.11. The summed E-state index contributed by atoms with van der Waals surface area (Å²) in [4.78, 5) is 16.4. The molecule has 0 aliphatic carbocycles. The number of hydrogen-bond acceptors (Lipinski definition) is 10. The van der Waals surface area contributed by atoms with Crippen LogP contribution in [0.25, 0.3) is 0 Å². The van der Waals surface area contributed by atoms with Crippen LogP contribution in [0.15, 0.2) is 38.4 Å². The molecule has 0 atom stereocenters. The number of carbonyl (C=O) groups excluding carboxylic acids is 1. The highest BCUT2D eigenvalue weighted by atomic mass is 32.2. The normalized spacial score (nSPS) is 11.9. The highest BCUT2D eigenvalue weighted by molar-refractivity contribution is 7.98. The molecule has 2 aromatic heterocycles. The molecule has 1 amide bonds. The molecular weight excluding hydrogens is 434 g/mol. The summed E-state index contributed by atoms with van der Waals surface area (Å²) >= 11 is 1.26. The standard InChI is InChI=1S/C21H27N5O5S/c1-13-7-9-14(10-8-13)28-11-15-24-25-19(29-15)32-12-16-22-17(26-31-16)21(5,6)23-18(27)30-20(2,3)4/h7-10H,11-12H2,1-6H3,(H,23,27). The smallest absolute Gasteiger partial charge is 0.408 e. The molecule has 2 heterocycles. The van der Waals surface area contributed by atoms with Crippen molar-refractivity contribution in [2.75, 3.05) is 0 Å². The Hall–Kier alpha value is -3.08. The molecule has 1 N–H and O–H groups in total. The Balaban J connectivity index is 1.50. The van der Waals surface area contributed by atoms with Crippen molar-refractivity contribution in [1.82, 2.24) is 25.7 Å². The number of aryl methyl sites for hydroxylation is 1. The van der Waals surface area contributed by atoms with Crippen molar-refractivity contribution in [2.24, 2.45) is 0 Å². The van der Waals surface area contributed by atoms with Crippen molar-refractivity contribution in [3.63, 3.8) is 0 Å². The molecule has 11 heteroatoms. The minimum Gasteiger partial charge on any atom is -0.484 e. The molecule has 0 radical (unpaired) electrons. The van der Waals surface area contributed by atoms with Crippen molar-refractivity contribution >= 4 is 17.9 Å². The van der Waals surface area contributed by atoms with Crippen molar-refractivity contribution in [1.29, 1.82) is 0 Å². The van der Waals surface area contributed by atoms with Gasteiger partial charge in [-0.25, -0.2) is 4.79 Å². The van der Waals surface area contributed by atoms with Crippen LogP contribution in [0.1, 0.15) is 57.8 Å². The fourth-order valence-electron chi connectivity index (χ4n) is 2.44. The number of amides is 1. The highest BCUT2D eigenvalue weighted by Gasteiger charge is 2.31. The summed E-state index contributed by atoms with van der Waals surface area (Å²) in [7, 11) is 0. The molecule has 3 rings (SSSR count). The van der Waals surface area contributed by atoms with Crippen molar-refractivity contribution in [3.8, 4) is 5.75 Å². The van der Waals surface area contributed by atoms with Gasteiger partial charge in [0.15, 0.2) is 12.4 Å². The molecule has 0 saturated heterocycles. The third-order valence-electron chi connectivity index (χ3n) is 3.99. The van der Waals surface area contributed by atoms with Crippen LogP contribution in [-0.2, 0) is 22.6 Å². The molecule has 0 aliphatic heterocycles. The second-order valence-electron chi connectivity index (χ2n) is 8.62. The lowest BCUT2D eigenvalue weighted by atomic mass is 10.1. The van der Waals surface area contributed by atoms with Gasteiger partial charge in [0.05, 0.1) is 5.75 Å². The Morgan fingerprint density at radius 1 is 1.09 bits per heavy atom. The van der Waals surface area contributed by atoms with Crippen LogP contribution < -0.4 is 10.1 Å². The molecular formula is C21H27N5O5S. The minimum absolute atomic E-state index is 0.172. The largest absolute Gasteiger partial charge is 0.484 e. The first-order valence-corrected chi connectivity index (χ1v) is 11.0. The van der Waals surface area contributed by atoms with E-state index >= 15 is 0 Å². The van der Waals surface area contributed by atoms with Crippen molar-refractivity contribution in [3.05, 3.63) is 47.4 Å². The van der Waals surface area contributed by atoms with E-state index in [2.05, 4.69) is 25.7 Å². The number of ether oxygens (including phenoxy) is 2. The monoisotopic (exact) mass is 461 g/mol. The maximum atomic E-state index is 12.1. The number of thioether (sulfide) groups is 1. The van der Waals surface area contributed by atoms with Gasteiger partial charge in [0, 0.05) is 0 Å². The van der Waals surface area contributed by atoms with E-state index in [1.165, 1.54) is 11.8 Å². The Morgan fingerprint density at radius 2 is 1.81 bits per heavy atom. The molecule has 0 fully saturated rings. The van der Waals surface area contributed by atoms with Crippen molar-refractivity contribution < 1.29 is 23.2 Å². The van der Waals surface area contributed by atoms with Crippen LogP contribution in [0.3, 0.4) is 0 Å². The number of rotatable bonds is 8. The van der Waals surface area contributed by atoms with Crippen molar-refractivity contribution in [2.45, 2.75) is 70.3 Å². The molecule has 1 aromatic carbocycles. The number of benzene rings is 1. The highest BCUT2D eigenvalue weighted by Crippen LogP contribution is 2.24. The third kappa shape index (κ3) is 6.98. The zero-order valence-corrected chi connectivity index (χ0v) is 19.8. The molecule has 0 aliphatic rings. The Morgan fingerprint density at radius 3 is 2.50 bits per heavy atom. The van der Waals surface area contributed by atoms with Crippen LogP contribution in [0.4, 0.5) is 4.79 Å². The Bertz CT molecular complexity index is 1040. The molecule has 32 heavy (non-hydrogen) atoms. The molecule has 3 aromatic rings. The predicted molar refractivity (Wildman–Crippen MR) is 116 cm³/mol. The summed E-state index contributed by atoms with van der Waals surface area (Å²) < 4.78 is 21.8. The van der Waals surface area contributed by atoms with Gasteiger partial charge in [-0.05, 0) is 53.7 Å². The van der Waals surface area contributed by atoms with Crippen LogP contribution in [-0.4, -0.2) is 32.0 Å². The van der Waals surface area contributed by atoms with Gasteiger partial charge in [-0.3, -0.25) is 0 Å². The average Bonchev–Trinajstić information content (AvgIpc) is 3.34. The third-order valence-corrected chi connectivity index (χ3v) is 4.79. The van der Waals surface area contributed by atoms with Crippen LogP contribution in [0, 0.1) is 6.92 Å². The van der Waals surface area contributed by atoms with E-state index in [1.807, 2.05) is 31.2 Å². The van der Waals surface area contributed by atoms with E-state index in [4.69, 9.17) is 18.4 Å².